The lowest BCUT2D eigenvalue weighted by atomic mass is 9.79. The molecule has 1 saturated heterocycles. The van der Waals surface area contributed by atoms with Crippen LogP contribution >= 0.6 is 0 Å². The fourth-order valence-corrected chi connectivity index (χ4v) is 3.95. The third-order valence-electron chi connectivity index (χ3n) is 5.46. The molecule has 0 aromatic carbocycles. The summed E-state index contributed by atoms with van der Waals surface area (Å²) in [7, 11) is 2.27. The van der Waals surface area contributed by atoms with Gasteiger partial charge in [0.1, 0.15) is 0 Å². The minimum absolute atomic E-state index is 0.0270. The number of aliphatic hydroxyl groups is 1. The van der Waals surface area contributed by atoms with Crippen LogP contribution in [0.25, 0.3) is 0 Å². The molecule has 0 aromatic heterocycles. The van der Waals surface area contributed by atoms with E-state index in [0.717, 1.165) is 25.8 Å². The molecule has 0 bridgehead atoms. The molecule has 1 aliphatic heterocycles. The number of rotatable bonds is 8. The Morgan fingerprint density at radius 1 is 1.29 bits per heavy atom. The maximum Gasteiger partial charge on any atom is 0.0613 e. The molecule has 2 atom stereocenters. The first kappa shape index (κ1) is 17.2. The number of nitrogens with one attached hydrogen (secondary N) is 1. The second kappa shape index (κ2) is 8.47. The fraction of sp³-hybridized carbons (Fsp3) is 1.00. The highest BCUT2D eigenvalue weighted by Gasteiger charge is 2.36. The Balaban J connectivity index is 1.80. The molecule has 2 aliphatic rings. The van der Waals surface area contributed by atoms with E-state index in [9.17, 15) is 5.11 Å². The van der Waals surface area contributed by atoms with Crippen LogP contribution in [0.2, 0.25) is 0 Å². The number of aliphatic hydroxyl groups excluding tert-OH is 1. The maximum absolute atomic E-state index is 9.88. The van der Waals surface area contributed by atoms with Gasteiger partial charge in [-0.2, -0.15) is 0 Å². The molecule has 0 spiro atoms. The summed E-state index contributed by atoms with van der Waals surface area (Å²) in [4.78, 5) is 5.13. The van der Waals surface area contributed by atoms with E-state index in [1.807, 2.05) is 0 Å². The van der Waals surface area contributed by atoms with E-state index in [4.69, 9.17) is 0 Å². The normalized spacial score (nSPS) is 31.1. The van der Waals surface area contributed by atoms with Crippen LogP contribution in [0, 0.1) is 0 Å². The molecule has 0 radical (unpaired) electrons. The molecule has 4 heteroatoms. The SMILES string of the molecule is CCCNC1(CO)CCCC(N(C)CCN2CCCC2)C1. The molecule has 4 nitrogen and oxygen atoms in total. The van der Waals surface area contributed by atoms with Gasteiger partial charge >= 0.3 is 0 Å². The molecule has 0 amide bonds. The lowest BCUT2D eigenvalue weighted by Gasteiger charge is -2.44. The van der Waals surface area contributed by atoms with Crippen molar-refractivity contribution in [1.82, 2.24) is 15.1 Å². The van der Waals surface area contributed by atoms with E-state index < -0.39 is 0 Å². The fourth-order valence-electron chi connectivity index (χ4n) is 3.95. The Morgan fingerprint density at radius 2 is 2.05 bits per heavy atom. The van der Waals surface area contributed by atoms with E-state index in [0.29, 0.717) is 6.04 Å². The second-order valence-electron chi connectivity index (χ2n) is 7.14. The summed E-state index contributed by atoms with van der Waals surface area (Å²) in [5, 5.41) is 13.5. The van der Waals surface area contributed by atoms with Gasteiger partial charge in [0.25, 0.3) is 0 Å². The first-order valence-corrected chi connectivity index (χ1v) is 8.97. The zero-order chi connectivity index (χ0) is 15.1. The van der Waals surface area contributed by atoms with Crippen LogP contribution in [0.5, 0.6) is 0 Å². The smallest absolute Gasteiger partial charge is 0.0613 e. The van der Waals surface area contributed by atoms with Crippen LogP contribution in [0.1, 0.15) is 51.9 Å². The minimum Gasteiger partial charge on any atom is -0.394 e. The molecule has 1 heterocycles. The molecule has 1 saturated carbocycles. The topological polar surface area (TPSA) is 38.7 Å². The monoisotopic (exact) mass is 297 g/mol. The minimum atomic E-state index is -0.0270. The van der Waals surface area contributed by atoms with Crippen LogP contribution in [-0.2, 0) is 0 Å². The van der Waals surface area contributed by atoms with Crippen molar-refractivity contribution in [2.75, 3.05) is 46.4 Å². The van der Waals surface area contributed by atoms with Gasteiger partial charge in [-0.3, -0.25) is 0 Å². The highest BCUT2D eigenvalue weighted by Crippen LogP contribution is 2.30. The summed E-state index contributed by atoms with van der Waals surface area (Å²) in [6.07, 6.45) is 8.63. The van der Waals surface area contributed by atoms with Gasteiger partial charge in [0.05, 0.1) is 6.61 Å². The predicted molar refractivity (Wildman–Crippen MR) is 88.7 cm³/mol. The molecule has 124 valence electrons. The van der Waals surface area contributed by atoms with E-state index in [2.05, 4.69) is 29.1 Å². The molecule has 2 rings (SSSR count). The van der Waals surface area contributed by atoms with Gasteiger partial charge in [-0.25, -0.2) is 0 Å². The van der Waals surface area contributed by atoms with Crippen molar-refractivity contribution in [2.45, 2.75) is 63.5 Å². The van der Waals surface area contributed by atoms with Crippen molar-refractivity contribution in [3.8, 4) is 0 Å². The summed E-state index contributed by atoms with van der Waals surface area (Å²) in [6, 6.07) is 0.623. The average Bonchev–Trinajstić information content (AvgIpc) is 3.04. The number of hydrogen-bond donors (Lipinski definition) is 2. The van der Waals surface area contributed by atoms with Crippen molar-refractivity contribution in [3.63, 3.8) is 0 Å². The predicted octanol–water partition coefficient (Wildman–Crippen LogP) is 1.69. The highest BCUT2D eigenvalue weighted by molar-refractivity contribution is 4.96. The largest absolute Gasteiger partial charge is 0.394 e. The number of likely N-dealkylation sites (tertiary alicyclic amines) is 1. The molecule has 0 aromatic rings. The van der Waals surface area contributed by atoms with E-state index in [1.165, 1.54) is 51.9 Å². The quantitative estimate of drug-likeness (QED) is 0.715. The lowest BCUT2D eigenvalue weighted by molar-refractivity contribution is 0.0666. The van der Waals surface area contributed by atoms with Gasteiger partial charge in [0.15, 0.2) is 0 Å². The number of hydrogen-bond acceptors (Lipinski definition) is 4. The van der Waals surface area contributed by atoms with Gasteiger partial charge in [-0.1, -0.05) is 6.92 Å². The summed E-state index contributed by atoms with van der Waals surface area (Å²) in [5.41, 5.74) is -0.0270. The number of likely N-dealkylation sites (N-methyl/N-ethyl adjacent to an activating group) is 1. The van der Waals surface area contributed by atoms with E-state index >= 15 is 0 Å². The zero-order valence-corrected chi connectivity index (χ0v) is 14.1. The average molecular weight is 297 g/mol. The summed E-state index contributed by atoms with van der Waals surface area (Å²) >= 11 is 0. The van der Waals surface area contributed by atoms with Gasteiger partial charge in [0, 0.05) is 24.7 Å². The lowest BCUT2D eigenvalue weighted by Crippen LogP contribution is -2.56. The van der Waals surface area contributed by atoms with Crippen molar-refractivity contribution in [1.29, 1.82) is 0 Å². The Hall–Kier alpha value is -0.160. The van der Waals surface area contributed by atoms with E-state index in [-0.39, 0.29) is 12.1 Å². The molecular weight excluding hydrogens is 262 g/mol. The molecule has 2 N–H and O–H groups in total. The summed E-state index contributed by atoms with van der Waals surface area (Å²) in [6.45, 7) is 8.45. The Bertz CT molecular complexity index is 294. The standard InChI is InChI=1S/C17H35N3O/c1-3-9-18-17(15-21)8-6-7-16(14-17)19(2)12-13-20-10-4-5-11-20/h16,18,21H,3-15H2,1-2H3. The molecule has 21 heavy (non-hydrogen) atoms. The second-order valence-corrected chi connectivity index (χ2v) is 7.14. The van der Waals surface area contributed by atoms with Crippen molar-refractivity contribution in [2.24, 2.45) is 0 Å². The Labute approximate surface area is 130 Å². The van der Waals surface area contributed by atoms with Crippen LogP contribution in [0.4, 0.5) is 0 Å². The van der Waals surface area contributed by atoms with Gasteiger partial charge in [-0.15, -0.1) is 0 Å². The van der Waals surface area contributed by atoms with Crippen molar-refractivity contribution in [3.05, 3.63) is 0 Å². The third-order valence-corrected chi connectivity index (χ3v) is 5.46. The molecule has 2 unspecified atom stereocenters. The zero-order valence-electron chi connectivity index (χ0n) is 14.1. The Morgan fingerprint density at radius 3 is 2.71 bits per heavy atom. The highest BCUT2D eigenvalue weighted by atomic mass is 16.3. The molecule has 1 aliphatic carbocycles. The van der Waals surface area contributed by atoms with Crippen molar-refractivity contribution >= 4 is 0 Å². The molecule has 2 fully saturated rings. The first-order valence-electron chi connectivity index (χ1n) is 8.97. The molecular formula is C17H35N3O. The summed E-state index contributed by atoms with van der Waals surface area (Å²) in [5.74, 6) is 0. The first-order chi connectivity index (χ1) is 10.2. The van der Waals surface area contributed by atoms with Gasteiger partial charge in [-0.05, 0) is 71.6 Å². The maximum atomic E-state index is 9.88. The number of nitrogens with zero attached hydrogens (tertiary/aromatic N) is 2. The van der Waals surface area contributed by atoms with Crippen LogP contribution in [-0.4, -0.2) is 72.9 Å². The van der Waals surface area contributed by atoms with Crippen LogP contribution < -0.4 is 5.32 Å². The van der Waals surface area contributed by atoms with Gasteiger partial charge < -0.3 is 20.2 Å². The van der Waals surface area contributed by atoms with Crippen molar-refractivity contribution < 1.29 is 5.11 Å². The van der Waals surface area contributed by atoms with Crippen LogP contribution in [0.15, 0.2) is 0 Å². The van der Waals surface area contributed by atoms with Crippen LogP contribution in [0.3, 0.4) is 0 Å². The van der Waals surface area contributed by atoms with Gasteiger partial charge in [0.2, 0.25) is 0 Å². The Kier molecular flexibility index (Phi) is 6.93. The third kappa shape index (κ3) is 4.92. The van der Waals surface area contributed by atoms with E-state index in [1.54, 1.807) is 0 Å². The summed E-state index contributed by atoms with van der Waals surface area (Å²) < 4.78 is 0.